The molecule has 0 bridgehead atoms. The lowest BCUT2D eigenvalue weighted by atomic mass is 10.1. The van der Waals surface area contributed by atoms with E-state index >= 15 is 0 Å². The van der Waals surface area contributed by atoms with Crippen LogP contribution in [0, 0.1) is 0 Å². The zero-order valence-electron chi connectivity index (χ0n) is 21.4. The van der Waals surface area contributed by atoms with Crippen LogP contribution in [0.15, 0.2) is 0 Å². The monoisotopic (exact) mass is 533 g/mol. The number of carbonyl (C=O) groups is 3. The smallest absolute Gasteiger partial charge is 0.420 e. The molecule has 1 heterocycles. The molecule has 0 unspecified atom stereocenters. The first-order valence-corrected chi connectivity index (χ1v) is 11.2. The molecule has 36 heavy (non-hydrogen) atoms. The van der Waals surface area contributed by atoms with E-state index in [0.717, 1.165) is 0 Å². The van der Waals surface area contributed by atoms with Crippen LogP contribution in [0.2, 0.25) is 0 Å². The number of hydrogen-bond donors (Lipinski definition) is 0. The van der Waals surface area contributed by atoms with E-state index in [2.05, 4.69) is 0 Å². The predicted molar refractivity (Wildman–Crippen MR) is 116 cm³/mol. The van der Waals surface area contributed by atoms with E-state index in [1.807, 2.05) is 0 Å². The summed E-state index contributed by atoms with van der Waals surface area (Å²) in [7, 11) is 0. The third-order valence-corrected chi connectivity index (χ3v) is 4.30. The van der Waals surface area contributed by atoms with Gasteiger partial charge in [0.05, 0.1) is 13.2 Å². The van der Waals surface area contributed by atoms with E-state index < -0.39 is 93.0 Å². The van der Waals surface area contributed by atoms with Crippen LogP contribution in [-0.2, 0) is 33.2 Å². The molecule has 4 atom stereocenters. The third-order valence-electron chi connectivity index (χ3n) is 4.30. The van der Waals surface area contributed by atoms with Crippen molar-refractivity contribution in [3.05, 3.63) is 0 Å². The lowest BCUT2D eigenvalue weighted by Gasteiger charge is -2.32. The van der Waals surface area contributed by atoms with Crippen LogP contribution in [0.4, 0.5) is 27.2 Å². The largest absolute Gasteiger partial charge is 0.458 e. The van der Waals surface area contributed by atoms with Gasteiger partial charge >= 0.3 is 18.2 Å². The highest BCUT2D eigenvalue weighted by Gasteiger charge is 2.44. The molecule has 10 nitrogen and oxygen atoms in total. The molecule has 0 aliphatic carbocycles. The lowest BCUT2D eigenvalue weighted by Crippen LogP contribution is -2.54. The number of nitrogens with zero attached hydrogens (tertiary/aromatic N) is 1. The number of carbonyl (C=O) groups excluding carboxylic acids is 3. The molecule has 1 rings (SSSR count). The van der Waals surface area contributed by atoms with Gasteiger partial charge in [0.2, 0.25) is 0 Å². The van der Waals surface area contributed by atoms with E-state index in [9.17, 15) is 31.9 Å². The number of halogens is 4. The summed E-state index contributed by atoms with van der Waals surface area (Å²) in [5, 5.41) is 0. The molecule has 0 aromatic heterocycles. The zero-order chi connectivity index (χ0) is 27.8. The first-order valence-electron chi connectivity index (χ1n) is 11.2. The average molecular weight is 534 g/mol. The second-order valence-corrected chi connectivity index (χ2v) is 9.98. The van der Waals surface area contributed by atoms with E-state index in [4.69, 9.17) is 28.4 Å². The molecule has 0 aromatic carbocycles. The van der Waals surface area contributed by atoms with Crippen LogP contribution < -0.4 is 0 Å². The van der Waals surface area contributed by atoms with Crippen molar-refractivity contribution in [1.82, 2.24) is 4.90 Å². The highest BCUT2D eigenvalue weighted by Crippen LogP contribution is 2.22. The van der Waals surface area contributed by atoms with Gasteiger partial charge in [0, 0.05) is 0 Å². The number of amides is 2. The molecule has 0 aromatic rings. The van der Waals surface area contributed by atoms with Crippen LogP contribution >= 0.6 is 0 Å². The van der Waals surface area contributed by atoms with E-state index in [1.165, 1.54) is 48.5 Å². The van der Waals surface area contributed by atoms with Gasteiger partial charge in [-0.25, -0.2) is 31.9 Å². The van der Waals surface area contributed by atoms with Crippen LogP contribution in [0.5, 0.6) is 0 Å². The Bertz CT molecular complexity index is 712. The summed E-state index contributed by atoms with van der Waals surface area (Å²) in [6.07, 6.45) is -12.3. The molecule has 0 N–H and O–H groups in total. The molecule has 0 saturated carbocycles. The van der Waals surface area contributed by atoms with Crippen molar-refractivity contribution in [3.8, 4) is 0 Å². The molecule has 0 spiro atoms. The first-order chi connectivity index (χ1) is 16.4. The Kier molecular flexibility index (Phi) is 11.8. The highest BCUT2D eigenvalue weighted by atomic mass is 19.3. The number of ether oxygens (including phenoxy) is 6. The van der Waals surface area contributed by atoms with Gasteiger partial charge in [-0.05, 0) is 48.5 Å². The Morgan fingerprint density at radius 2 is 1.39 bits per heavy atom. The van der Waals surface area contributed by atoms with Crippen molar-refractivity contribution < 1.29 is 60.4 Å². The Labute approximate surface area is 207 Å². The highest BCUT2D eigenvalue weighted by molar-refractivity contribution is 5.94. The predicted octanol–water partition coefficient (Wildman–Crippen LogP) is 3.79. The fraction of sp³-hybridized carbons (Fsp3) is 0.864. The quantitative estimate of drug-likeness (QED) is 0.274. The fourth-order valence-electron chi connectivity index (χ4n) is 2.99. The number of cyclic esters (lactones) is 1. The SMILES string of the molecule is C[C@@H]1OC(=O)[C@@H](N(C(=O)OC(C)(C)C)C(=O)OC(C)(C)C)COC[C@H](OCC(F)F)[C@H]1OCC(F)F. The Balaban J connectivity index is 3.31. The van der Waals surface area contributed by atoms with Crippen LogP contribution in [0.25, 0.3) is 0 Å². The van der Waals surface area contributed by atoms with Crippen molar-refractivity contribution >= 4 is 18.2 Å². The molecular weight excluding hydrogens is 498 g/mol. The third kappa shape index (κ3) is 11.2. The molecule has 0 radical (unpaired) electrons. The lowest BCUT2D eigenvalue weighted by molar-refractivity contribution is -0.178. The number of imide groups is 1. The summed E-state index contributed by atoms with van der Waals surface area (Å²) in [6, 6.07) is -1.72. The Morgan fingerprint density at radius 1 is 0.917 bits per heavy atom. The number of hydrogen-bond acceptors (Lipinski definition) is 9. The Morgan fingerprint density at radius 3 is 1.83 bits per heavy atom. The number of alkyl halides is 4. The molecule has 2 amide bonds. The maximum Gasteiger partial charge on any atom is 0.420 e. The van der Waals surface area contributed by atoms with Gasteiger partial charge in [0.15, 0.2) is 6.04 Å². The maximum atomic E-state index is 13.0. The summed E-state index contributed by atoms with van der Waals surface area (Å²) in [5.74, 6) is -1.17. The zero-order valence-corrected chi connectivity index (χ0v) is 21.4. The minimum atomic E-state index is -2.90. The van der Waals surface area contributed by atoms with Crippen LogP contribution in [-0.4, -0.2) is 97.9 Å². The molecule has 1 fully saturated rings. The van der Waals surface area contributed by atoms with Gasteiger partial charge < -0.3 is 28.4 Å². The van der Waals surface area contributed by atoms with Crippen molar-refractivity contribution in [2.75, 3.05) is 26.4 Å². The molecular formula is C22H35F4NO9. The summed E-state index contributed by atoms with van der Waals surface area (Å²) >= 11 is 0. The molecule has 1 aliphatic rings. The van der Waals surface area contributed by atoms with E-state index in [-0.39, 0.29) is 0 Å². The summed E-state index contributed by atoms with van der Waals surface area (Å²) in [6.45, 7) is 7.17. The molecule has 1 saturated heterocycles. The minimum absolute atomic E-state index is 0.390. The second-order valence-electron chi connectivity index (χ2n) is 9.98. The van der Waals surface area contributed by atoms with Gasteiger partial charge in [-0.1, -0.05) is 0 Å². The van der Waals surface area contributed by atoms with Gasteiger partial charge in [-0.3, -0.25) is 0 Å². The first kappa shape index (κ1) is 31.8. The second kappa shape index (κ2) is 13.4. The van der Waals surface area contributed by atoms with E-state index in [1.54, 1.807) is 0 Å². The molecule has 14 heteroatoms. The summed E-state index contributed by atoms with van der Waals surface area (Å²) < 4.78 is 82.4. The van der Waals surface area contributed by atoms with Gasteiger partial charge in [0.25, 0.3) is 12.9 Å². The summed E-state index contributed by atoms with van der Waals surface area (Å²) in [5.41, 5.74) is -2.12. The van der Waals surface area contributed by atoms with E-state index in [0.29, 0.717) is 4.90 Å². The Hall–Kier alpha value is -2.19. The summed E-state index contributed by atoms with van der Waals surface area (Å²) in [4.78, 5) is 39.2. The van der Waals surface area contributed by atoms with Crippen molar-refractivity contribution in [1.29, 1.82) is 0 Å². The maximum absolute atomic E-state index is 13.0. The van der Waals surface area contributed by atoms with Crippen LogP contribution in [0.3, 0.4) is 0 Å². The van der Waals surface area contributed by atoms with Crippen molar-refractivity contribution in [2.24, 2.45) is 0 Å². The van der Waals surface area contributed by atoms with Crippen molar-refractivity contribution in [2.45, 2.75) is 96.9 Å². The van der Waals surface area contributed by atoms with Gasteiger partial charge in [-0.15, -0.1) is 0 Å². The van der Waals surface area contributed by atoms with Crippen molar-refractivity contribution in [3.63, 3.8) is 0 Å². The number of rotatable bonds is 7. The molecule has 1 aliphatic heterocycles. The minimum Gasteiger partial charge on any atom is -0.458 e. The van der Waals surface area contributed by atoms with Crippen LogP contribution in [0.1, 0.15) is 48.5 Å². The average Bonchev–Trinajstić information content (AvgIpc) is 2.71. The normalized spacial score (nSPS) is 24.0. The standard InChI is InChI=1S/C22H35F4NO9/c1-12-17(33-11-16(25)26)14(32-10-15(23)24)9-31-8-13(18(28)34-12)27(19(29)35-21(2,3)4)20(30)36-22(5,6)7/h12-17H,8-11H2,1-7H3/t12-,13-,14-,17-/m0/s1. The van der Waals surface area contributed by atoms with Gasteiger partial charge in [-0.2, -0.15) is 4.90 Å². The fourth-order valence-corrected chi connectivity index (χ4v) is 2.99. The molecule has 210 valence electrons. The number of esters is 1. The topological polar surface area (TPSA) is 110 Å². The van der Waals surface area contributed by atoms with Gasteiger partial charge in [0.1, 0.15) is 42.7 Å².